The third kappa shape index (κ3) is 2.71. The number of nitrogens with one attached hydrogen (secondary N) is 1. The number of benzene rings is 1. The maximum atomic E-state index is 13.4. The first-order valence-electron chi connectivity index (χ1n) is 5.53. The van der Waals surface area contributed by atoms with Gasteiger partial charge in [0.05, 0.1) is 7.11 Å². The monoisotopic (exact) mass is 224 g/mol. The molecule has 1 aliphatic carbocycles. The molecule has 0 aliphatic heterocycles. The molecule has 0 saturated heterocycles. The molecule has 2 rings (SSSR count). The molecule has 1 saturated carbocycles. The summed E-state index contributed by atoms with van der Waals surface area (Å²) in [5.74, 6) is -0.104. The third-order valence-electron chi connectivity index (χ3n) is 2.81. The van der Waals surface area contributed by atoms with Crippen LogP contribution in [0, 0.1) is 5.82 Å². The molecule has 0 aromatic heterocycles. The van der Waals surface area contributed by atoms with Crippen LogP contribution >= 0.6 is 0 Å². The highest BCUT2D eigenvalue weighted by Crippen LogP contribution is 2.22. The second-order valence-corrected chi connectivity index (χ2v) is 4.18. The molecule has 1 aromatic carbocycles. The molecule has 1 aromatic rings. The van der Waals surface area contributed by atoms with Crippen LogP contribution in [0.3, 0.4) is 0 Å². The summed E-state index contributed by atoms with van der Waals surface area (Å²) in [4.78, 5) is 0. The fourth-order valence-electron chi connectivity index (χ4n) is 1.61. The summed E-state index contributed by atoms with van der Waals surface area (Å²) in [5.41, 5.74) is 6.76. The van der Waals surface area contributed by atoms with Crippen LogP contribution in [0.4, 0.5) is 4.39 Å². The average molecular weight is 224 g/mol. The Labute approximate surface area is 94.8 Å². The van der Waals surface area contributed by atoms with E-state index < -0.39 is 0 Å². The van der Waals surface area contributed by atoms with Crippen molar-refractivity contribution in [3.63, 3.8) is 0 Å². The van der Waals surface area contributed by atoms with Crippen molar-refractivity contribution in [2.75, 3.05) is 13.7 Å². The maximum absolute atomic E-state index is 13.4. The van der Waals surface area contributed by atoms with Gasteiger partial charge in [0.25, 0.3) is 0 Å². The van der Waals surface area contributed by atoms with Gasteiger partial charge in [0, 0.05) is 18.6 Å². The van der Waals surface area contributed by atoms with Gasteiger partial charge in [0.1, 0.15) is 0 Å². The van der Waals surface area contributed by atoms with Gasteiger partial charge in [0.15, 0.2) is 11.6 Å². The summed E-state index contributed by atoms with van der Waals surface area (Å²) in [6, 6.07) is 5.32. The lowest BCUT2D eigenvalue weighted by Gasteiger charge is -2.13. The molecule has 4 heteroatoms. The van der Waals surface area contributed by atoms with Gasteiger partial charge in [-0.2, -0.15) is 0 Å². The molecule has 1 atom stereocenters. The molecule has 1 unspecified atom stereocenters. The van der Waals surface area contributed by atoms with E-state index in [4.69, 9.17) is 10.5 Å². The fourth-order valence-corrected chi connectivity index (χ4v) is 1.61. The second-order valence-electron chi connectivity index (χ2n) is 4.18. The van der Waals surface area contributed by atoms with Crippen molar-refractivity contribution in [2.24, 2.45) is 5.73 Å². The van der Waals surface area contributed by atoms with Crippen molar-refractivity contribution < 1.29 is 9.13 Å². The number of hydrogen-bond acceptors (Lipinski definition) is 3. The molecule has 88 valence electrons. The van der Waals surface area contributed by atoms with E-state index in [9.17, 15) is 4.39 Å². The molecule has 3 nitrogen and oxygen atoms in total. The summed E-state index contributed by atoms with van der Waals surface area (Å²) in [6.45, 7) is 0.691. The number of ether oxygens (including phenoxy) is 1. The number of methoxy groups -OCH3 is 1. The minimum Gasteiger partial charge on any atom is -0.494 e. The van der Waals surface area contributed by atoms with Crippen LogP contribution in [0.2, 0.25) is 0 Å². The quantitative estimate of drug-likeness (QED) is 0.798. The highest BCUT2D eigenvalue weighted by Gasteiger charge is 2.21. The zero-order chi connectivity index (χ0) is 11.5. The van der Waals surface area contributed by atoms with Gasteiger partial charge in [-0.25, -0.2) is 4.39 Å². The number of rotatable bonds is 5. The van der Waals surface area contributed by atoms with Crippen LogP contribution in [-0.2, 0) is 0 Å². The number of hydrogen-bond donors (Lipinski definition) is 2. The van der Waals surface area contributed by atoms with Crippen molar-refractivity contribution in [1.82, 2.24) is 5.32 Å². The van der Waals surface area contributed by atoms with Crippen LogP contribution in [-0.4, -0.2) is 19.7 Å². The van der Waals surface area contributed by atoms with Crippen molar-refractivity contribution in [3.05, 3.63) is 29.6 Å². The Morgan fingerprint density at radius 2 is 2.31 bits per heavy atom. The predicted molar refractivity (Wildman–Crippen MR) is 60.9 cm³/mol. The van der Waals surface area contributed by atoms with Crippen molar-refractivity contribution in [3.8, 4) is 5.75 Å². The number of nitrogens with two attached hydrogens (primary N) is 1. The summed E-state index contributed by atoms with van der Waals surface area (Å²) in [6.07, 6.45) is 2.45. The minimum absolute atomic E-state index is 0.166. The van der Waals surface area contributed by atoms with Gasteiger partial charge in [-0.1, -0.05) is 6.07 Å². The Morgan fingerprint density at radius 3 is 2.88 bits per heavy atom. The fraction of sp³-hybridized carbons (Fsp3) is 0.500. The van der Waals surface area contributed by atoms with E-state index in [-0.39, 0.29) is 17.6 Å². The average Bonchev–Trinajstić information content (AvgIpc) is 3.09. The first-order chi connectivity index (χ1) is 7.70. The van der Waals surface area contributed by atoms with E-state index in [2.05, 4.69) is 5.32 Å². The Balaban J connectivity index is 1.98. The van der Waals surface area contributed by atoms with E-state index in [0.717, 1.165) is 5.56 Å². The minimum atomic E-state index is -0.359. The number of halogens is 1. The molecule has 0 heterocycles. The van der Waals surface area contributed by atoms with Crippen LogP contribution in [0.25, 0.3) is 0 Å². The first kappa shape index (κ1) is 11.4. The molecule has 16 heavy (non-hydrogen) atoms. The molecule has 0 spiro atoms. The molecule has 0 amide bonds. The lowest BCUT2D eigenvalue weighted by molar-refractivity contribution is 0.385. The van der Waals surface area contributed by atoms with Gasteiger partial charge >= 0.3 is 0 Å². The Morgan fingerprint density at radius 1 is 1.56 bits per heavy atom. The maximum Gasteiger partial charge on any atom is 0.165 e. The SMILES string of the molecule is COc1ccc(C(N)CNC2CC2)cc1F. The topological polar surface area (TPSA) is 47.3 Å². The van der Waals surface area contributed by atoms with E-state index in [0.29, 0.717) is 12.6 Å². The normalized spacial score (nSPS) is 17.2. The smallest absolute Gasteiger partial charge is 0.165 e. The van der Waals surface area contributed by atoms with E-state index in [1.165, 1.54) is 26.0 Å². The molecular formula is C12H17FN2O. The predicted octanol–water partition coefficient (Wildman–Crippen LogP) is 1.59. The van der Waals surface area contributed by atoms with Crippen LogP contribution < -0.4 is 15.8 Å². The summed E-state index contributed by atoms with van der Waals surface area (Å²) < 4.78 is 18.3. The van der Waals surface area contributed by atoms with Gasteiger partial charge in [-0.05, 0) is 30.5 Å². The largest absolute Gasteiger partial charge is 0.494 e. The zero-order valence-electron chi connectivity index (χ0n) is 9.37. The van der Waals surface area contributed by atoms with Crippen LogP contribution in [0.15, 0.2) is 18.2 Å². The van der Waals surface area contributed by atoms with Gasteiger partial charge in [0.2, 0.25) is 0 Å². The summed E-state index contributed by atoms with van der Waals surface area (Å²) >= 11 is 0. The van der Waals surface area contributed by atoms with Crippen LogP contribution in [0.5, 0.6) is 5.75 Å². The van der Waals surface area contributed by atoms with Gasteiger partial charge < -0.3 is 15.8 Å². The first-order valence-corrected chi connectivity index (χ1v) is 5.53. The Hall–Kier alpha value is -1.13. The summed E-state index contributed by atoms with van der Waals surface area (Å²) in [7, 11) is 1.45. The van der Waals surface area contributed by atoms with E-state index in [1.54, 1.807) is 12.1 Å². The van der Waals surface area contributed by atoms with Gasteiger partial charge in [-0.3, -0.25) is 0 Å². The lowest BCUT2D eigenvalue weighted by Crippen LogP contribution is -2.28. The van der Waals surface area contributed by atoms with Crippen molar-refractivity contribution >= 4 is 0 Å². The van der Waals surface area contributed by atoms with Crippen LogP contribution in [0.1, 0.15) is 24.4 Å². The second kappa shape index (κ2) is 4.80. The molecule has 0 radical (unpaired) electrons. The highest BCUT2D eigenvalue weighted by molar-refractivity contribution is 5.31. The highest BCUT2D eigenvalue weighted by atomic mass is 19.1. The van der Waals surface area contributed by atoms with E-state index >= 15 is 0 Å². The molecule has 3 N–H and O–H groups in total. The van der Waals surface area contributed by atoms with Crippen molar-refractivity contribution in [1.29, 1.82) is 0 Å². The Kier molecular flexibility index (Phi) is 3.41. The third-order valence-corrected chi connectivity index (χ3v) is 2.81. The van der Waals surface area contributed by atoms with E-state index in [1.807, 2.05) is 0 Å². The molecule has 1 aliphatic rings. The molecule has 1 fully saturated rings. The van der Waals surface area contributed by atoms with Gasteiger partial charge in [-0.15, -0.1) is 0 Å². The van der Waals surface area contributed by atoms with Crippen molar-refractivity contribution in [2.45, 2.75) is 24.9 Å². The zero-order valence-corrected chi connectivity index (χ0v) is 9.37. The summed E-state index contributed by atoms with van der Waals surface area (Å²) in [5, 5.41) is 3.32. The Bertz CT molecular complexity index is 366. The lowest BCUT2D eigenvalue weighted by atomic mass is 10.1. The standard InChI is InChI=1S/C12H17FN2O/c1-16-12-5-2-8(6-10(12)13)11(14)7-15-9-3-4-9/h2,5-6,9,11,15H,3-4,7,14H2,1H3. The molecule has 0 bridgehead atoms. The molecular weight excluding hydrogens is 207 g/mol.